The van der Waals surface area contributed by atoms with Crippen molar-refractivity contribution in [2.45, 2.75) is 25.4 Å². The lowest BCUT2D eigenvalue weighted by atomic mass is 10.0. The first kappa shape index (κ1) is 17.8. The first-order valence-electron chi connectivity index (χ1n) is 8.55. The maximum absolute atomic E-state index is 6.35. The second-order valence-electron chi connectivity index (χ2n) is 6.55. The molecule has 7 heteroatoms. The van der Waals surface area contributed by atoms with E-state index in [1.54, 1.807) is 6.33 Å². The van der Waals surface area contributed by atoms with Crippen molar-refractivity contribution in [3.63, 3.8) is 0 Å². The Bertz CT molecular complexity index is 714. The van der Waals surface area contributed by atoms with E-state index < -0.39 is 0 Å². The molecule has 0 spiro atoms. The van der Waals surface area contributed by atoms with E-state index in [0.717, 1.165) is 42.3 Å². The average molecular weight is 361 g/mol. The molecule has 0 aliphatic carbocycles. The van der Waals surface area contributed by atoms with Crippen LogP contribution in [-0.4, -0.2) is 48.1 Å². The van der Waals surface area contributed by atoms with Crippen LogP contribution in [0.2, 0.25) is 5.02 Å². The Balaban J connectivity index is 1.72. The van der Waals surface area contributed by atoms with Gasteiger partial charge in [-0.3, -0.25) is 0 Å². The molecule has 1 saturated heterocycles. The number of nitrogens with zero attached hydrogens (tertiary/aromatic N) is 4. The number of nitrogens with one attached hydrogen (secondary N) is 1. The summed E-state index contributed by atoms with van der Waals surface area (Å²) in [6.07, 6.45) is 3.78. The molecule has 1 aromatic carbocycles. The summed E-state index contributed by atoms with van der Waals surface area (Å²) in [5.41, 5.74) is 7.93. The summed E-state index contributed by atoms with van der Waals surface area (Å²) in [6, 6.07) is 8.19. The van der Waals surface area contributed by atoms with Gasteiger partial charge in [0.25, 0.3) is 0 Å². The SMILES string of the molecule is CN1CCC(N(C)c2ncnc(NCc3ccccc3Cl)c2N)CC1. The summed E-state index contributed by atoms with van der Waals surface area (Å²) in [6.45, 7) is 2.76. The first-order valence-corrected chi connectivity index (χ1v) is 8.93. The molecule has 0 bridgehead atoms. The van der Waals surface area contributed by atoms with E-state index in [9.17, 15) is 0 Å². The lowest BCUT2D eigenvalue weighted by molar-refractivity contribution is 0.252. The molecule has 0 saturated carbocycles. The Morgan fingerprint density at radius 1 is 1.28 bits per heavy atom. The second-order valence-corrected chi connectivity index (χ2v) is 6.96. The quantitative estimate of drug-likeness (QED) is 0.854. The van der Waals surface area contributed by atoms with Crippen LogP contribution in [0.5, 0.6) is 0 Å². The van der Waals surface area contributed by atoms with Crippen molar-refractivity contribution < 1.29 is 0 Å². The van der Waals surface area contributed by atoms with Gasteiger partial charge in [-0.05, 0) is 44.6 Å². The lowest BCUT2D eigenvalue weighted by Crippen LogP contribution is -2.42. The predicted octanol–water partition coefficient (Wildman–Crippen LogP) is 2.85. The van der Waals surface area contributed by atoms with Crippen LogP contribution in [0.25, 0.3) is 0 Å². The summed E-state index contributed by atoms with van der Waals surface area (Å²) < 4.78 is 0. The molecule has 1 aliphatic rings. The summed E-state index contributed by atoms with van der Waals surface area (Å²) in [5.74, 6) is 1.43. The molecule has 1 fully saturated rings. The number of nitrogen functional groups attached to an aromatic ring is 1. The molecule has 6 nitrogen and oxygen atoms in total. The van der Waals surface area contributed by atoms with Gasteiger partial charge in [-0.2, -0.15) is 0 Å². The van der Waals surface area contributed by atoms with Gasteiger partial charge in [0.1, 0.15) is 12.0 Å². The number of benzene rings is 1. The maximum atomic E-state index is 6.35. The van der Waals surface area contributed by atoms with Gasteiger partial charge in [-0.25, -0.2) is 9.97 Å². The zero-order valence-electron chi connectivity index (χ0n) is 14.7. The minimum absolute atomic E-state index is 0.449. The summed E-state index contributed by atoms with van der Waals surface area (Å²) in [4.78, 5) is 13.3. The third-order valence-corrected chi connectivity index (χ3v) is 5.21. The van der Waals surface area contributed by atoms with Gasteiger partial charge in [-0.1, -0.05) is 29.8 Å². The predicted molar refractivity (Wildman–Crippen MR) is 104 cm³/mol. The summed E-state index contributed by atoms with van der Waals surface area (Å²) in [5, 5.41) is 4.01. The van der Waals surface area contributed by atoms with Crippen molar-refractivity contribution in [2.24, 2.45) is 0 Å². The molecule has 134 valence electrons. The molecule has 0 amide bonds. The molecule has 3 N–H and O–H groups in total. The minimum Gasteiger partial charge on any atom is -0.393 e. The molecule has 0 unspecified atom stereocenters. The maximum Gasteiger partial charge on any atom is 0.157 e. The van der Waals surface area contributed by atoms with E-state index in [2.05, 4.69) is 39.2 Å². The van der Waals surface area contributed by atoms with Crippen molar-refractivity contribution in [2.75, 3.05) is 43.1 Å². The van der Waals surface area contributed by atoms with Gasteiger partial charge in [0.2, 0.25) is 0 Å². The van der Waals surface area contributed by atoms with Crippen LogP contribution in [0.3, 0.4) is 0 Å². The number of halogens is 1. The molecule has 25 heavy (non-hydrogen) atoms. The lowest BCUT2D eigenvalue weighted by Gasteiger charge is -2.36. The van der Waals surface area contributed by atoms with Gasteiger partial charge in [0.15, 0.2) is 11.6 Å². The van der Waals surface area contributed by atoms with E-state index >= 15 is 0 Å². The third kappa shape index (κ3) is 4.14. The van der Waals surface area contributed by atoms with Gasteiger partial charge >= 0.3 is 0 Å². The van der Waals surface area contributed by atoms with Crippen LogP contribution < -0.4 is 16.0 Å². The minimum atomic E-state index is 0.449. The summed E-state index contributed by atoms with van der Waals surface area (Å²) in [7, 11) is 4.22. The standard InChI is InChI=1S/C18H25ClN6/c1-24-9-7-14(8-10-24)25(2)18-16(20)17(22-12-23-18)21-11-13-5-3-4-6-15(13)19/h3-6,12,14H,7-11,20H2,1-2H3,(H,21,22,23). The van der Waals surface area contributed by atoms with Gasteiger partial charge in [0.05, 0.1) is 0 Å². The highest BCUT2D eigenvalue weighted by molar-refractivity contribution is 6.31. The van der Waals surface area contributed by atoms with Crippen molar-refractivity contribution in [3.05, 3.63) is 41.2 Å². The number of hydrogen-bond donors (Lipinski definition) is 2. The van der Waals surface area contributed by atoms with E-state index in [4.69, 9.17) is 17.3 Å². The molecule has 3 rings (SSSR count). The van der Waals surface area contributed by atoms with Crippen molar-refractivity contribution in [3.8, 4) is 0 Å². The van der Waals surface area contributed by atoms with E-state index in [1.165, 1.54) is 0 Å². The second kappa shape index (κ2) is 7.89. The molecular formula is C18H25ClN6. The number of nitrogens with two attached hydrogens (primary N) is 1. The van der Waals surface area contributed by atoms with Crippen LogP contribution in [0.4, 0.5) is 17.3 Å². The molecule has 2 aromatic rings. The van der Waals surface area contributed by atoms with Crippen molar-refractivity contribution in [1.29, 1.82) is 0 Å². The third-order valence-electron chi connectivity index (χ3n) is 4.84. The van der Waals surface area contributed by atoms with Crippen LogP contribution >= 0.6 is 11.6 Å². The molecule has 2 heterocycles. The highest BCUT2D eigenvalue weighted by Crippen LogP contribution is 2.29. The van der Waals surface area contributed by atoms with Crippen molar-refractivity contribution in [1.82, 2.24) is 14.9 Å². The van der Waals surface area contributed by atoms with Crippen molar-refractivity contribution >= 4 is 28.9 Å². The number of hydrogen-bond acceptors (Lipinski definition) is 6. The number of rotatable bonds is 5. The highest BCUT2D eigenvalue weighted by Gasteiger charge is 2.23. The average Bonchev–Trinajstić information content (AvgIpc) is 2.62. The smallest absolute Gasteiger partial charge is 0.157 e. The Morgan fingerprint density at radius 3 is 2.72 bits per heavy atom. The zero-order chi connectivity index (χ0) is 17.8. The van der Waals surface area contributed by atoms with E-state index in [1.807, 2.05) is 24.3 Å². The fourth-order valence-corrected chi connectivity index (χ4v) is 3.39. The molecule has 0 atom stereocenters. The number of piperidine rings is 1. The van der Waals surface area contributed by atoms with Gasteiger partial charge in [-0.15, -0.1) is 0 Å². The largest absolute Gasteiger partial charge is 0.393 e. The fourth-order valence-electron chi connectivity index (χ4n) is 3.18. The van der Waals surface area contributed by atoms with Crippen LogP contribution in [0, 0.1) is 0 Å². The van der Waals surface area contributed by atoms with Crippen LogP contribution in [0.15, 0.2) is 30.6 Å². The monoisotopic (exact) mass is 360 g/mol. The van der Waals surface area contributed by atoms with E-state index in [0.29, 0.717) is 24.1 Å². The number of aromatic nitrogens is 2. The topological polar surface area (TPSA) is 70.3 Å². The Labute approximate surface area is 154 Å². The number of likely N-dealkylation sites (tertiary alicyclic amines) is 1. The van der Waals surface area contributed by atoms with Gasteiger partial charge < -0.3 is 20.9 Å². The highest BCUT2D eigenvalue weighted by atomic mass is 35.5. The molecular weight excluding hydrogens is 336 g/mol. The summed E-state index contributed by atoms with van der Waals surface area (Å²) >= 11 is 6.21. The Kier molecular flexibility index (Phi) is 5.60. The molecule has 1 aliphatic heterocycles. The van der Waals surface area contributed by atoms with Crippen LogP contribution in [-0.2, 0) is 6.54 Å². The normalized spacial score (nSPS) is 16.0. The van der Waals surface area contributed by atoms with E-state index in [-0.39, 0.29) is 0 Å². The fraction of sp³-hybridized carbons (Fsp3) is 0.444. The molecule has 1 aromatic heterocycles. The Hall–Kier alpha value is -2.05. The first-order chi connectivity index (χ1) is 12.1. The van der Waals surface area contributed by atoms with Crippen LogP contribution in [0.1, 0.15) is 18.4 Å². The molecule has 0 radical (unpaired) electrons. The van der Waals surface area contributed by atoms with Gasteiger partial charge in [0, 0.05) is 24.7 Å². The zero-order valence-corrected chi connectivity index (χ0v) is 15.5. The Morgan fingerprint density at radius 2 is 2.00 bits per heavy atom. The number of anilines is 3.